The van der Waals surface area contributed by atoms with Crippen LogP contribution in [0.3, 0.4) is 0 Å². The van der Waals surface area contributed by atoms with E-state index >= 15 is 0 Å². The first-order chi connectivity index (χ1) is 14.9. The average molecular weight is 446 g/mol. The summed E-state index contributed by atoms with van der Waals surface area (Å²) in [6.07, 6.45) is 0.828. The molecule has 0 fully saturated rings. The molecule has 3 rings (SSSR count). The van der Waals surface area contributed by atoms with Crippen LogP contribution >= 0.6 is 7.75 Å². The molecule has 0 radical (unpaired) electrons. The summed E-state index contributed by atoms with van der Waals surface area (Å²) in [5.41, 5.74) is 3.39. The van der Waals surface area contributed by atoms with Gasteiger partial charge in [-0.15, -0.1) is 0 Å². The normalized spacial score (nSPS) is 18.2. The van der Waals surface area contributed by atoms with Crippen LogP contribution in [0.15, 0.2) is 42.5 Å². The van der Waals surface area contributed by atoms with Crippen molar-refractivity contribution in [1.82, 2.24) is 4.67 Å². The molecule has 1 aliphatic heterocycles. The maximum Gasteiger partial charge on any atom is 0.407 e. The van der Waals surface area contributed by atoms with Gasteiger partial charge >= 0.3 is 7.75 Å². The first-order valence-corrected chi connectivity index (χ1v) is 12.0. The van der Waals surface area contributed by atoms with Crippen molar-refractivity contribution in [2.45, 2.75) is 38.9 Å². The average Bonchev–Trinajstić information content (AvgIpc) is 3.12. The van der Waals surface area contributed by atoms with Crippen LogP contribution in [0.5, 0.6) is 0 Å². The van der Waals surface area contributed by atoms with Crippen molar-refractivity contribution in [3.05, 3.63) is 70.5 Å². The zero-order chi connectivity index (χ0) is 22.4. The molecule has 2 aromatic carbocycles. The predicted octanol–water partition coefficient (Wildman–Crippen LogP) is 5.75. The molecule has 0 saturated carbocycles. The molecule has 1 heterocycles. The maximum absolute atomic E-state index is 13.4. The Morgan fingerprint density at radius 1 is 1.13 bits per heavy atom. The van der Waals surface area contributed by atoms with Crippen molar-refractivity contribution in [3.63, 3.8) is 0 Å². The summed E-state index contributed by atoms with van der Waals surface area (Å²) in [6.45, 7) is 4.68. The van der Waals surface area contributed by atoms with Crippen molar-refractivity contribution in [1.29, 1.82) is 5.26 Å². The van der Waals surface area contributed by atoms with E-state index in [9.17, 15) is 14.2 Å². The van der Waals surface area contributed by atoms with Gasteiger partial charge in [-0.05, 0) is 74.7 Å². The van der Waals surface area contributed by atoms with Gasteiger partial charge in [-0.2, -0.15) is 5.26 Å². The number of benzene rings is 2. The Balaban J connectivity index is 1.74. The minimum Gasteiger partial charge on any atom is -0.361 e. The van der Waals surface area contributed by atoms with E-state index in [0.29, 0.717) is 38.2 Å². The van der Waals surface area contributed by atoms with E-state index in [1.165, 1.54) is 12.1 Å². The van der Waals surface area contributed by atoms with E-state index in [0.717, 1.165) is 16.7 Å². The number of nitrogens with zero attached hydrogens (tertiary/aromatic N) is 2. The highest BCUT2D eigenvalue weighted by molar-refractivity contribution is 7.51. The van der Waals surface area contributed by atoms with Gasteiger partial charge in [-0.3, -0.25) is 9.05 Å². The molecular formula is C23H28FN2O4P. The molecule has 1 aliphatic rings. The first-order valence-electron chi connectivity index (χ1n) is 10.5. The highest BCUT2D eigenvalue weighted by Crippen LogP contribution is 2.51. The van der Waals surface area contributed by atoms with E-state index in [1.807, 2.05) is 12.1 Å². The number of nitriles is 1. The molecule has 8 heteroatoms. The van der Waals surface area contributed by atoms with Crippen LogP contribution in [0.2, 0.25) is 0 Å². The van der Waals surface area contributed by atoms with Crippen LogP contribution in [0.25, 0.3) is 0 Å². The lowest BCUT2D eigenvalue weighted by molar-refractivity contribution is 0.0264. The molecule has 0 aliphatic carbocycles. The van der Waals surface area contributed by atoms with Crippen LogP contribution in [0.1, 0.15) is 61.2 Å². The molecule has 0 aromatic heterocycles. The van der Waals surface area contributed by atoms with Crippen LogP contribution < -0.4 is 0 Å². The zero-order valence-corrected chi connectivity index (χ0v) is 19.0. The summed E-state index contributed by atoms with van der Waals surface area (Å²) in [6, 6.07) is 14.0. The lowest BCUT2D eigenvalue weighted by Gasteiger charge is -2.26. The molecule has 2 aromatic rings. The van der Waals surface area contributed by atoms with E-state index in [1.54, 1.807) is 43.8 Å². The van der Waals surface area contributed by atoms with Crippen molar-refractivity contribution in [2.75, 3.05) is 26.8 Å². The van der Waals surface area contributed by atoms with Crippen molar-refractivity contribution >= 4 is 7.75 Å². The van der Waals surface area contributed by atoms with Crippen LogP contribution in [0, 0.1) is 17.1 Å². The summed E-state index contributed by atoms with van der Waals surface area (Å²) >= 11 is 0. The second-order valence-corrected chi connectivity index (χ2v) is 9.48. The third-order valence-electron chi connectivity index (χ3n) is 5.27. The maximum atomic E-state index is 13.4. The van der Waals surface area contributed by atoms with Gasteiger partial charge in [0.2, 0.25) is 0 Å². The minimum atomic E-state index is -3.30. The molecule has 0 bridgehead atoms. The summed E-state index contributed by atoms with van der Waals surface area (Å²) < 4.78 is 45.0. The fourth-order valence-electron chi connectivity index (χ4n) is 3.78. The molecular weight excluding hydrogens is 418 g/mol. The number of fused-ring (bicyclic) bond motifs is 1. The third kappa shape index (κ3) is 5.41. The highest BCUT2D eigenvalue weighted by Gasteiger charge is 2.34. The number of rotatable bonds is 10. The second-order valence-electron chi connectivity index (χ2n) is 7.34. The van der Waals surface area contributed by atoms with E-state index in [4.69, 9.17) is 13.8 Å². The molecule has 0 spiro atoms. The monoisotopic (exact) mass is 446 g/mol. The van der Waals surface area contributed by atoms with Crippen LogP contribution in [0.4, 0.5) is 4.39 Å². The fourth-order valence-corrected chi connectivity index (χ4v) is 5.29. The summed E-state index contributed by atoms with van der Waals surface area (Å²) in [7, 11) is -1.57. The van der Waals surface area contributed by atoms with Gasteiger partial charge in [0, 0.05) is 6.54 Å². The van der Waals surface area contributed by atoms with Gasteiger partial charge in [-0.25, -0.2) is 13.6 Å². The van der Waals surface area contributed by atoms with Gasteiger partial charge in [-0.1, -0.05) is 18.2 Å². The Hall–Kier alpha value is -2.07. The predicted molar refractivity (Wildman–Crippen MR) is 116 cm³/mol. The molecule has 1 unspecified atom stereocenters. The molecule has 6 nitrogen and oxygen atoms in total. The standard InChI is InChI=1S/C23H28FN2O4P/c1-4-28-31(27,29-5-2)26(3)14-6-7-22-21-15-17(16-25)8-13-20(21)23(30-22)18-9-11-19(24)12-10-18/h8-13,15,22-23H,4-7,14H2,1-3H3/t22?,23-/m0/s1. The van der Waals surface area contributed by atoms with E-state index < -0.39 is 7.75 Å². The number of halogens is 1. The van der Waals surface area contributed by atoms with Crippen molar-refractivity contribution < 1.29 is 22.7 Å². The molecule has 166 valence electrons. The highest BCUT2D eigenvalue weighted by atomic mass is 31.2. The van der Waals surface area contributed by atoms with Gasteiger partial charge in [0.05, 0.1) is 31.0 Å². The fraction of sp³-hybridized carbons (Fsp3) is 0.435. The van der Waals surface area contributed by atoms with Gasteiger partial charge in [0.1, 0.15) is 11.9 Å². The third-order valence-corrected chi connectivity index (χ3v) is 7.47. The minimum absolute atomic E-state index is 0.217. The Kier molecular flexibility index (Phi) is 7.99. The number of hydrogen-bond acceptors (Lipinski definition) is 5. The molecule has 0 amide bonds. The quantitative estimate of drug-likeness (QED) is 0.433. The smallest absolute Gasteiger partial charge is 0.361 e. The summed E-state index contributed by atoms with van der Waals surface area (Å²) in [5, 5.41) is 9.31. The zero-order valence-electron chi connectivity index (χ0n) is 18.1. The Morgan fingerprint density at radius 2 is 1.81 bits per heavy atom. The lowest BCUT2D eigenvalue weighted by Crippen LogP contribution is -2.20. The largest absolute Gasteiger partial charge is 0.407 e. The van der Waals surface area contributed by atoms with Crippen molar-refractivity contribution in [3.8, 4) is 6.07 Å². The molecule has 0 N–H and O–H groups in total. The van der Waals surface area contributed by atoms with Crippen LogP contribution in [-0.4, -0.2) is 31.5 Å². The molecule has 2 atom stereocenters. The summed E-state index contributed by atoms with van der Waals surface area (Å²) in [5.74, 6) is -0.297. The Labute approximate surface area is 183 Å². The topological polar surface area (TPSA) is 71.8 Å². The van der Waals surface area contributed by atoms with Gasteiger partial charge < -0.3 is 4.74 Å². The van der Waals surface area contributed by atoms with Crippen molar-refractivity contribution in [2.24, 2.45) is 0 Å². The first kappa shape index (κ1) is 23.6. The van der Waals surface area contributed by atoms with E-state index in [-0.39, 0.29) is 18.0 Å². The van der Waals surface area contributed by atoms with Gasteiger partial charge in [0.15, 0.2) is 0 Å². The van der Waals surface area contributed by atoms with E-state index in [2.05, 4.69) is 6.07 Å². The SMILES string of the molecule is CCOP(=O)(OCC)N(C)CCCC1O[C@@H](c2ccc(F)cc2)c2ccc(C#N)cc21. The molecule has 0 saturated heterocycles. The molecule has 31 heavy (non-hydrogen) atoms. The lowest BCUT2D eigenvalue weighted by atomic mass is 9.94. The Bertz CT molecular complexity index is 967. The van der Waals surface area contributed by atoms with Crippen LogP contribution in [-0.2, 0) is 18.3 Å². The number of ether oxygens (including phenoxy) is 1. The second kappa shape index (κ2) is 10.5. The summed E-state index contributed by atoms with van der Waals surface area (Å²) in [4.78, 5) is 0. The Morgan fingerprint density at radius 3 is 2.42 bits per heavy atom. The number of hydrogen-bond donors (Lipinski definition) is 0. The van der Waals surface area contributed by atoms with Gasteiger partial charge in [0.25, 0.3) is 0 Å².